The zero-order valence-electron chi connectivity index (χ0n) is 14.4. The SMILES string of the molecule is Cc1ccc(OCC(=O)N(CCCC(=O)O)Cc2ccccc2)cc1. The summed E-state index contributed by atoms with van der Waals surface area (Å²) < 4.78 is 5.56. The molecule has 2 aromatic rings. The normalized spacial score (nSPS) is 10.3. The predicted molar refractivity (Wildman–Crippen MR) is 95.4 cm³/mol. The number of carboxylic acid groups (broad SMARTS) is 1. The van der Waals surface area contributed by atoms with E-state index in [-0.39, 0.29) is 18.9 Å². The molecule has 132 valence electrons. The Kier molecular flexibility index (Phi) is 7.01. The average molecular weight is 341 g/mol. The second-order valence-electron chi connectivity index (χ2n) is 5.90. The van der Waals surface area contributed by atoms with Crippen LogP contribution in [0, 0.1) is 6.92 Å². The van der Waals surface area contributed by atoms with E-state index in [1.165, 1.54) is 0 Å². The van der Waals surface area contributed by atoms with Crippen molar-refractivity contribution in [1.29, 1.82) is 0 Å². The standard InChI is InChI=1S/C20H23NO4/c1-16-9-11-18(12-10-16)25-15-19(22)21(13-5-8-20(23)24)14-17-6-3-2-4-7-17/h2-4,6-7,9-12H,5,8,13-15H2,1H3,(H,23,24). The van der Waals surface area contributed by atoms with E-state index in [0.29, 0.717) is 25.3 Å². The van der Waals surface area contributed by atoms with Crippen LogP contribution >= 0.6 is 0 Å². The summed E-state index contributed by atoms with van der Waals surface area (Å²) in [6.45, 7) is 2.75. The van der Waals surface area contributed by atoms with Gasteiger partial charge in [-0.2, -0.15) is 0 Å². The molecule has 0 spiro atoms. The first kappa shape index (κ1) is 18.5. The molecule has 0 aliphatic rings. The minimum Gasteiger partial charge on any atom is -0.484 e. The topological polar surface area (TPSA) is 66.8 Å². The first-order valence-electron chi connectivity index (χ1n) is 8.27. The summed E-state index contributed by atoms with van der Waals surface area (Å²) in [5.41, 5.74) is 2.12. The molecule has 2 aromatic carbocycles. The minimum atomic E-state index is -0.858. The third-order valence-corrected chi connectivity index (χ3v) is 3.77. The average Bonchev–Trinajstić information content (AvgIpc) is 2.61. The molecule has 5 heteroatoms. The van der Waals surface area contributed by atoms with Gasteiger partial charge in [0, 0.05) is 19.5 Å². The van der Waals surface area contributed by atoms with Crippen molar-refractivity contribution < 1.29 is 19.4 Å². The van der Waals surface area contributed by atoms with Gasteiger partial charge < -0.3 is 14.7 Å². The van der Waals surface area contributed by atoms with E-state index < -0.39 is 5.97 Å². The molecule has 0 radical (unpaired) electrons. The first-order chi connectivity index (χ1) is 12.0. The van der Waals surface area contributed by atoms with Gasteiger partial charge in [0.15, 0.2) is 6.61 Å². The van der Waals surface area contributed by atoms with Gasteiger partial charge in [0.25, 0.3) is 5.91 Å². The molecule has 0 aliphatic carbocycles. The molecule has 1 amide bonds. The summed E-state index contributed by atoms with van der Waals surface area (Å²) in [6.07, 6.45) is 0.454. The number of rotatable bonds is 9. The summed E-state index contributed by atoms with van der Waals surface area (Å²) >= 11 is 0. The highest BCUT2D eigenvalue weighted by Crippen LogP contribution is 2.12. The second kappa shape index (κ2) is 9.47. The molecule has 0 aliphatic heterocycles. The Hall–Kier alpha value is -2.82. The van der Waals surface area contributed by atoms with Gasteiger partial charge in [-0.25, -0.2) is 0 Å². The smallest absolute Gasteiger partial charge is 0.303 e. The van der Waals surface area contributed by atoms with E-state index in [1.54, 1.807) is 4.90 Å². The van der Waals surface area contributed by atoms with E-state index in [9.17, 15) is 9.59 Å². The van der Waals surface area contributed by atoms with Gasteiger partial charge in [-0.1, -0.05) is 48.0 Å². The second-order valence-corrected chi connectivity index (χ2v) is 5.90. The molecule has 0 heterocycles. The summed E-state index contributed by atoms with van der Waals surface area (Å²) in [5, 5.41) is 8.80. The van der Waals surface area contributed by atoms with E-state index >= 15 is 0 Å². The summed E-state index contributed by atoms with van der Waals surface area (Å²) in [7, 11) is 0. The van der Waals surface area contributed by atoms with Gasteiger partial charge in [0.2, 0.25) is 0 Å². The maximum atomic E-state index is 12.5. The molecular weight excluding hydrogens is 318 g/mol. The van der Waals surface area contributed by atoms with E-state index in [4.69, 9.17) is 9.84 Å². The maximum absolute atomic E-state index is 12.5. The molecule has 2 rings (SSSR count). The largest absolute Gasteiger partial charge is 0.484 e. The number of benzene rings is 2. The Morgan fingerprint density at radius 3 is 2.36 bits per heavy atom. The van der Waals surface area contributed by atoms with Gasteiger partial charge in [-0.05, 0) is 31.0 Å². The number of nitrogens with zero attached hydrogens (tertiary/aromatic N) is 1. The van der Waals surface area contributed by atoms with Gasteiger partial charge in [0.1, 0.15) is 5.75 Å². The van der Waals surface area contributed by atoms with Gasteiger partial charge in [-0.3, -0.25) is 9.59 Å². The van der Waals surface area contributed by atoms with Crippen molar-refractivity contribution in [2.75, 3.05) is 13.2 Å². The molecule has 0 fully saturated rings. The lowest BCUT2D eigenvalue weighted by molar-refractivity contribution is -0.138. The Balaban J connectivity index is 1.95. The lowest BCUT2D eigenvalue weighted by Gasteiger charge is -2.23. The van der Waals surface area contributed by atoms with Crippen molar-refractivity contribution in [2.24, 2.45) is 0 Å². The number of carboxylic acids is 1. The summed E-state index contributed by atoms with van der Waals surface area (Å²) in [6, 6.07) is 17.1. The lowest BCUT2D eigenvalue weighted by Crippen LogP contribution is -2.35. The molecule has 0 saturated heterocycles. The number of hydrogen-bond acceptors (Lipinski definition) is 3. The highest BCUT2D eigenvalue weighted by molar-refractivity contribution is 5.77. The Morgan fingerprint density at radius 2 is 1.72 bits per heavy atom. The van der Waals surface area contributed by atoms with E-state index in [0.717, 1.165) is 11.1 Å². The fourth-order valence-electron chi connectivity index (χ4n) is 2.39. The fraction of sp³-hybridized carbons (Fsp3) is 0.300. The zero-order chi connectivity index (χ0) is 18.1. The van der Waals surface area contributed by atoms with Crippen LogP contribution in [0.4, 0.5) is 0 Å². The third kappa shape index (κ3) is 6.67. The summed E-state index contributed by atoms with van der Waals surface area (Å²) in [4.78, 5) is 24.9. The first-order valence-corrected chi connectivity index (χ1v) is 8.27. The highest BCUT2D eigenvalue weighted by Gasteiger charge is 2.15. The predicted octanol–water partition coefficient (Wildman–Crippen LogP) is 3.27. The van der Waals surface area contributed by atoms with Crippen LogP contribution in [0.2, 0.25) is 0 Å². The fourth-order valence-corrected chi connectivity index (χ4v) is 2.39. The number of amides is 1. The van der Waals surface area contributed by atoms with Gasteiger partial charge >= 0.3 is 5.97 Å². The molecule has 0 saturated carbocycles. The third-order valence-electron chi connectivity index (χ3n) is 3.77. The monoisotopic (exact) mass is 341 g/mol. The lowest BCUT2D eigenvalue weighted by atomic mass is 10.2. The quantitative estimate of drug-likeness (QED) is 0.760. The van der Waals surface area contributed by atoms with Crippen molar-refractivity contribution in [2.45, 2.75) is 26.3 Å². The Labute approximate surface area is 147 Å². The molecule has 0 atom stereocenters. The molecule has 0 aromatic heterocycles. The van der Waals surface area contributed by atoms with Crippen molar-refractivity contribution >= 4 is 11.9 Å². The van der Waals surface area contributed by atoms with Crippen molar-refractivity contribution in [1.82, 2.24) is 4.90 Å². The van der Waals surface area contributed by atoms with Gasteiger partial charge in [-0.15, -0.1) is 0 Å². The molecule has 5 nitrogen and oxygen atoms in total. The summed E-state index contributed by atoms with van der Waals surface area (Å²) in [5.74, 6) is -0.373. The number of ether oxygens (including phenoxy) is 1. The highest BCUT2D eigenvalue weighted by atomic mass is 16.5. The van der Waals surface area contributed by atoms with Crippen LogP contribution in [0.3, 0.4) is 0 Å². The minimum absolute atomic E-state index is 0.0391. The van der Waals surface area contributed by atoms with Crippen molar-refractivity contribution in [3.63, 3.8) is 0 Å². The number of aryl methyl sites for hydroxylation is 1. The van der Waals surface area contributed by atoms with E-state index in [2.05, 4.69) is 0 Å². The van der Waals surface area contributed by atoms with E-state index in [1.807, 2.05) is 61.5 Å². The van der Waals surface area contributed by atoms with Crippen molar-refractivity contribution in [3.8, 4) is 5.75 Å². The number of carbonyl (C=O) groups excluding carboxylic acids is 1. The number of hydrogen-bond donors (Lipinski definition) is 1. The van der Waals surface area contributed by atoms with Crippen molar-refractivity contribution in [3.05, 3.63) is 65.7 Å². The zero-order valence-corrected chi connectivity index (χ0v) is 14.4. The molecule has 0 unspecified atom stereocenters. The van der Waals surface area contributed by atoms with Crippen LogP contribution in [-0.2, 0) is 16.1 Å². The molecule has 1 N–H and O–H groups in total. The maximum Gasteiger partial charge on any atom is 0.303 e. The van der Waals surface area contributed by atoms with Crippen LogP contribution in [0.5, 0.6) is 5.75 Å². The van der Waals surface area contributed by atoms with Crippen LogP contribution in [-0.4, -0.2) is 35.0 Å². The molecule has 25 heavy (non-hydrogen) atoms. The molecule has 0 bridgehead atoms. The number of carbonyl (C=O) groups is 2. The van der Waals surface area contributed by atoms with Crippen LogP contribution in [0.25, 0.3) is 0 Å². The van der Waals surface area contributed by atoms with Crippen LogP contribution in [0.15, 0.2) is 54.6 Å². The van der Waals surface area contributed by atoms with Gasteiger partial charge in [0.05, 0.1) is 0 Å². The Bertz CT molecular complexity index is 683. The van der Waals surface area contributed by atoms with Crippen LogP contribution < -0.4 is 4.74 Å². The number of aliphatic carboxylic acids is 1. The van der Waals surface area contributed by atoms with Crippen LogP contribution in [0.1, 0.15) is 24.0 Å². The molecular formula is C20H23NO4. The Morgan fingerprint density at radius 1 is 1.04 bits per heavy atom.